The van der Waals surface area contributed by atoms with Gasteiger partial charge in [0.1, 0.15) is 0 Å². The van der Waals surface area contributed by atoms with Gasteiger partial charge in [-0.05, 0) is 18.9 Å². The van der Waals surface area contributed by atoms with E-state index in [-0.39, 0.29) is 11.1 Å². The summed E-state index contributed by atoms with van der Waals surface area (Å²) < 4.78 is 6.56. The highest BCUT2D eigenvalue weighted by Gasteiger charge is 2.31. The number of nitrogens with one attached hydrogen (secondary N) is 1. The number of carbonyl (C=O) groups is 2. The van der Waals surface area contributed by atoms with Gasteiger partial charge in [-0.3, -0.25) is 19.0 Å². The molecule has 2 atom stereocenters. The molecule has 0 saturated carbocycles. The largest absolute Gasteiger partial charge is 0.376 e. The third kappa shape index (κ3) is 4.20. The fourth-order valence-electron chi connectivity index (χ4n) is 2.93. The van der Waals surface area contributed by atoms with Gasteiger partial charge in [0.05, 0.1) is 11.1 Å². The molecule has 1 N–H and O–H groups in total. The number of Topliss-reactive ketones (excluding diaryl/α,β-unsaturated/α-hetero) is 1. The number of nitrogens with zero attached hydrogens (tertiary/aromatic N) is 1. The maximum Gasteiger partial charge on any atom is 0.251 e. The van der Waals surface area contributed by atoms with E-state index in [0.717, 1.165) is 17.4 Å². The molecule has 1 saturated heterocycles. The smallest absolute Gasteiger partial charge is 0.251 e. The number of ether oxygens (including phenoxy) is 1. The Labute approximate surface area is 155 Å². The number of amides is 1. The summed E-state index contributed by atoms with van der Waals surface area (Å²) in [6.07, 6.45) is 3.04. The molecule has 0 bridgehead atoms. The molecule has 2 aromatic rings. The Kier molecular flexibility index (Phi) is 5.85. The number of halogens is 1. The Balaban J connectivity index is 1.90. The first kappa shape index (κ1) is 18.4. The summed E-state index contributed by atoms with van der Waals surface area (Å²) in [5.74, 6) is -1.03. The van der Waals surface area contributed by atoms with Gasteiger partial charge in [0, 0.05) is 31.0 Å². The van der Waals surface area contributed by atoms with E-state index in [2.05, 4.69) is 5.32 Å². The van der Waals surface area contributed by atoms with Crippen LogP contribution in [-0.2, 0) is 9.53 Å². The predicted molar refractivity (Wildman–Crippen MR) is 97.5 cm³/mol. The molecule has 1 aliphatic rings. The summed E-state index contributed by atoms with van der Waals surface area (Å²) in [7, 11) is 0. The monoisotopic (exact) mass is 374 g/mol. The van der Waals surface area contributed by atoms with E-state index in [4.69, 9.17) is 16.3 Å². The molecule has 136 valence electrons. The van der Waals surface area contributed by atoms with E-state index in [1.165, 1.54) is 18.3 Å². The van der Waals surface area contributed by atoms with Gasteiger partial charge >= 0.3 is 0 Å². The molecule has 2 heterocycles. The first-order valence-electron chi connectivity index (χ1n) is 8.42. The van der Waals surface area contributed by atoms with Crippen LogP contribution >= 0.6 is 11.6 Å². The summed E-state index contributed by atoms with van der Waals surface area (Å²) in [6.45, 7) is 0.966. The van der Waals surface area contributed by atoms with Crippen molar-refractivity contribution in [3.63, 3.8) is 0 Å². The quantitative estimate of drug-likeness (QED) is 0.621. The molecule has 0 unspecified atom stereocenters. The summed E-state index contributed by atoms with van der Waals surface area (Å²) in [4.78, 5) is 38.0. The molecule has 3 rings (SSSR count). The topological polar surface area (TPSA) is 77.4 Å². The Bertz CT molecular complexity index is 844. The van der Waals surface area contributed by atoms with Gasteiger partial charge in [-0.25, -0.2) is 0 Å². The first-order chi connectivity index (χ1) is 12.6. The Morgan fingerprint density at radius 3 is 2.69 bits per heavy atom. The second kappa shape index (κ2) is 8.29. The standard InChI is InChI=1S/C19H19ClN2O4/c20-14-8-9-16(23)22(12-14)17(18(24)13-5-2-1-3-6-13)19(25)21-11-15-7-4-10-26-15/h1-3,5-6,8-9,12,15,17H,4,7,10-11H2,(H,21,25)/t15-,17+/m0/s1. The number of hydrogen-bond acceptors (Lipinski definition) is 4. The molecule has 1 aromatic carbocycles. The average molecular weight is 375 g/mol. The second-order valence-electron chi connectivity index (χ2n) is 6.11. The molecule has 0 radical (unpaired) electrons. The summed E-state index contributed by atoms with van der Waals surface area (Å²) in [5, 5.41) is 3.00. The maximum atomic E-state index is 13.0. The number of carbonyl (C=O) groups excluding carboxylic acids is 2. The minimum Gasteiger partial charge on any atom is -0.376 e. The van der Waals surface area contributed by atoms with Crippen LogP contribution in [0.5, 0.6) is 0 Å². The highest BCUT2D eigenvalue weighted by Crippen LogP contribution is 2.17. The van der Waals surface area contributed by atoms with Crippen LogP contribution in [-0.4, -0.2) is 35.5 Å². The van der Waals surface area contributed by atoms with Gasteiger partial charge in [0.15, 0.2) is 11.8 Å². The minimum atomic E-state index is -1.33. The molecule has 1 aliphatic heterocycles. The molecule has 0 spiro atoms. The lowest BCUT2D eigenvalue weighted by Crippen LogP contribution is -2.43. The normalized spacial score (nSPS) is 17.7. The zero-order chi connectivity index (χ0) is 18.5. The Morgan fingerprint density at radius 1 is 1.23 bits per heavy atom. The lowest BCUT2D eigenvalue weighted by Gasteiger charge is -2.20. The van der Waals surface area contributed by atoms with E-state index in [9.17, 15) is 14.4 Å². The van der Waals surface area contributed by atoms with Gasteiger partial charge in [-0.15, -0.1) is 0 Å². The second-order valence-corrected chi connectivity index (χ2v) is 6.54. The zero-order valence-corrected chi connectivity index (χ0v) is 14.8. The lowest BCUT2D eigenvalue weighted by atomic mass is 10.0. The van der Waals surface area contributed by atoms with Crippen LogP contribution in [0.15, 0.2) is 53.5 Å². The molecule has 0 aliphatic carbocycles. The van der Waals surface area contributed by atoms with E-state index in [1.807, 2.05) is 0 Å². The molecule has 26 heavy (non-hydrogen) atoms. The lowest BCUT2D eigenvalue weighted by molar-refractivity contribution is -0.123. The fraction of sp³-hybridized carbons (Fsp3) is 0.316. The number of aromatic nitrogens is 1. The van der Waals surface area contributed by atoms with Crippen molar-refractivity contribution in [2.75, 3.05) is 13.2 Å². The number of pyridine rings is 1. The third-order valence-corrected chi connectivity index (χ3v) is 4.49. The zero-order valence-electron chi connectivity index (χ0n) is 14.1. The number of hydrogen-bond donors (Lipinski definition) is 1. The molecule has 1 aromatic heterocycles. The first-order valence-corrected chi connectivity index (χ1v) is 8.80. The minimum absolute atomic E-state index is 0.0671. The van der Waals surface area contributed by atoms with Crippen LogP contribution in [0.25, 0.3) is 0 Å². The average Bonchev–Trinajstić information content (AvgIpc) is 3.17. The Hall–Kier alpha value is -2.44. The van der Waals surface area contributed by atoms with Crippen molar-refractivity contribution in [3.8, 4) is 0 Å². The molecule has 7 heteroatoms. The van der Waals surface area contributed by atoms with E-state index < -0.39 is 23.3 Å². The van der Waals surface area contributed by atoms with Crippen LogP contribution < -0.4 is 10.9 Å². The van der Waals surface area contributed by atoms with Crippen LogP contribution in [0.3, 0.4) is 0 Å². The molecular formula is C19H19ClN2O4. The van der Waals surface area contributed by atoms with E-state index >= 15 is 0 Å². The van der Waals surface area contributed by atoms with Gasteiger partial charge in [-0.1, -0.05) is 41.9 Å². The SMILES string of the molecule is O=C(NC[C@@H]1CCCO1)[C@@H](C(=O)c1ccccc1)n1cc(Cl)ccc1=O. The molecule has 1 fully saturated rings. The summed E-state index contributed by atoms with van der Waals surface area (Å²) >= 11 is 5.97. The number of ketones is 1. The van der Waals surface area contributed by atoms with Crippen LogP contribution in [0.2, 0.25) is 5.02 Å². The van der Waals surface area contributed by atoms with E-state index in [0.29, 0.717) is 18.7 Å². The fourth-order valence-corrected chi connectivity index (χ4v) is 3.09. The molecule has 6 nitrogen and oxygen atoms in total. The van der Waals surface area contributed by atoms with Crippen molar-refractivity contribution in [2.45, 2.75) is 25.0 Å². The van der Waals surface area contributed by atoms with Crippen molar-refractivity contribution in [3.05, 3.63) is 69.6 Å². The van der Waals surface area contributed by atoms with Crippen molar-refractivity contribution in [1.29, 1.82) is 0 Å². The van der Waals surface area contributed by atoms with E-state index in [1.54, 1.807) is 30.3 Å². The van der Waals surface area contributed by atoms with Crippen LogP contribution in [0.1, 0.15) is 29.2 Å². The van der Waals surface area contributed by atoms with Gasteiger partial charge in [0.2, 0.25) is 0 Å². The van der Waals surface area contributed by atoms with Crippen molar-refractivity contribution >= 4 is 23.3 Å². The summed E-state index contributed by atoms with van der Waals surface area (Å²) in [6, 6.07) is 9.73. The molecular weight excluding hydrogens is 356 g/mol. The highest BCUT2D eigenvalue weighted by atomic mass is 35.5. The van der Waals surface area contributed by atoms with Crippen LogP contribution in [0, 0.1) is 0 Å². The van der Waals surface area contributed by atoms with Gasteiger partial charge in [0.25, 0.3) is 11.5 Å². The van der Waals surface area contributed by atoms with Gasteiger partial charge in [-0.2, -0.15) is 0 Å². The maximum absolute atomic E-state index is 13.0. The van der Waals surface area contributed by atoms with Crippen molar-refractivity contribution in [1.82, 2.24) is 9.88 Å². The highest BCUT2D eigenvalue weighted by molar-refractivity contribution is 6.30. The number of rotatable bonds is 6. The predicted octanol–water partition coefficient (Wildman–Crippen LogP) is 2.22. The third-order valence-electron chi connectivity index (χ3n) is 4.26. The van der Waals surface area contributed by atoms with Crippen molar-refractivity contribution in [2.24, 2.45) is 0 Å². The van der Waals surface area contributed by atoms with Crippen molar-refractivity contribution < 1.29 is 14.3 Å². The molecule has 1 amide bonds. The summed E-state index contributed by atoms with van der Waals surface area (Å²) in [5.41, 5.74) is -0.132. The van der Waals surface area contributed by atoms with Gasteiger partial charge < -0.3 is 10.1 Å². The van der Waals surface area contributed by atoms with Crippen LogP contribution in [0.4, 0.5) is 0 Å². The number of benzene rings is 1. The Morgan fingerprint density at radius 2 is 2.00 bits per heavy atom.